The van der Waals surface area contributed by atoms with Gasteiger partial charge in [-0.1, -0.05) is 23.7 Å². The molecule has 0 aliphatic rings. The van der Waals surface area contributed by atoms with E-state index in [-0.39, 0.29) is 0 Å². The molecule has 1 aromatic carbocycles. The van der Waals surface area contributed by atoms with Crippen molar-refractivity contribution in [3.8, 4) is 17.7 Å². The van der Waals surface area contributed by atoms with Gasteiger partial charge in [-0.2, -0.15) is 0 Å². The summed E-state index contributed by atoms with van der Waals surface area (Å²) in [4.78, 5) is 0. The highest BCUT2D eigenvalue weighted by atomic mass is 28.2. The molecule has 0 fully saturated rings. The van der Waals surface area contributed by atoms with E-state index in [9.17, 15) is 0 Å². The topological polar surface area (TPSA) is 9.23 Å². The molecule has 0 aliphatic carbocycles. The first-order valence-electron chi connectivity index (χ1n) is 3.05. The summed E-state index contributed by atoms with van der Waals surface area (Å²) in [7, 11) is -0.749. The summed E-state index contributed by atoms with van der Waals surface area (Å²) in [5.41, 5.74) is 2.53. The van der Waals surface area contributed by atoms with Gasteiger partial charge in [0, 0.05) is 0 Å². The molecule has 0 heterocycles. The minimum absolute atomic E-state index is 0.749. The van der Waals surface area contributed by atoms with Crippen LogP contribution in [0.2, 0.25) is 0 Å². The molecule has 0 unspecified atom stereocenters. The van der Waals surface area contributed by atoms with Gasteiger partial charge in [0.15, 0.2) is 0 Å². The lowest BCUT2D eigenvalue weighted by Gasteiger charge is -1.99. The second-order valence-electron chi connectivity index (χ2n) is 1.81. The average Bonchev–Trinajstić information content (AvgIpc) is 2.03. The Labute approximate surface area is 63.0 Å². The van der Waals surface area contributed by atoms with Crippen LogP contribution < -0.4 is 4.43 Å². The van der Waals surface area contributed by atoms with E-state index in [1.807, 2.05) is 30.3 Å². The van der Waals surface area contributed by atoms with Crippen molar-refractivity contribution >= 4 is 9.76 Å². The Kier molecular flexibility index (Phi) is 2.59. The Morgan fingerprint density at radius 2 is 2.00 bits per heavy atom. The number of terminal acetylenes is 1. The van der Waals surface area contributed by atoms with Crippen LogP contribution in [0.4, 0.5) is 0 Å². The monoisotopic (exact) mass is 148 g/mol. The fourth-order valence-corrected chi connectivity index (χ4v) is 1.08. The van der Waals surface area contributed by atoms with E-state index in [4.69, 9.17) is 10.8 Å². The summed E-state index contributed by atoms with van der Waals surface area (Å²) in [6.07, 6.45) is 5.06. The highest BCUT2D eigenvalue weighted by molar-refractivity contribution is 6.39. The minimum Gasteiger partial charge on any atom is -0.537 e. The maximum absolute atomic E-state index is 5.26. The Hall–Kier alpha value is -1.20. The van der Waals surface area contributed by atoms with Crippen LogP contribution in [0.3, 0.4) is 0 Å². The summed E-state index contributed by atoms with van der Waals surface area (Å²) in [6.45, 7) is 0. The van der Waals surface area contributed by atoms with Gasteiger partial charge in [0.1, 0.15) is 5.75 Å². The molecule has 0 aliphatic heterocycles. The predicted octanol–water partition coefficient (Wildman–Crippen LogP) is 0.740. The molecule has 50 valence electrons. The lowest BCUT2D eigenvalue weighted by atomic mass is 10.3. The molecule has 1 nitrogen and oxygen atoms in total. The molecule has 10 heavy (non-hydrogen) atoms. The first-order valence-corrected chi connectivity index (χ1v) is 4.33. The van der Waals surface area contributed by atoms with Crippen molar-refractivity contribution < 1.29 is 4.43 Å². The number of hydrogen-bond acceptors (Lipinski definition) is 1. The molecule has 0 atom stereocenters. The van der Waals surface area contributed by atoms with E-state index < -0.39 is 9.76 Å². The largest absolute Gasteiger partial charge is 0.537 e. The van der Waals surface area contributed by atoms with Crippen LogP contribution in [-0.2, 0) is 0 Å². The maximum Gasteiger partial charge on any atom is 0.298 e. The zero-order valence-electron chi connectivity index (χ0n) is 5.58. The third-order valence-electron chi connectivity index (χ3n) is 1.07. The van der Waals surface area contributed by atoms with Crippen LogP contribution in [0.15, 0.2) is 30.3 Å². The van der Waals surface area contributed by atoms with E-state index in [1.54, 1.807) is 0 Å². The molecular weight excluding hydrogens is 140 g/mol. The highest BCUT2D eigenvalue weighted by Crippen LogP contribution is 2.06. The van der Waals surface area contributed by atoms with Crippen molar-refractivity contribution in [2.45, 2.75) is 0 Å². The number of hydrogen-bond donors (Lipinski definition) is 0. The van der Waals surface area contributed by atoms with Crippen LogP contribution in [-0.4, -0.2) is 9.76 Å². The summed E-state index contributed by atoms with van der Waals surface area (Å²) >= 11 is 0. The zero-order chi connectivity index (χ0) is 7.23. The van der Waals surface area contributed by atoms with Crippen molar-refractivity contribution in [2.75, 3.05) is 0 Å². The number of para-hydroxylation sites is 1. The van der Waals surface area contributed by atoms with Crippen molar-refractivity contribution in [1.82, 2.24) is 0 Å². The normalized spacial score (nSPS) is 9.50. The molecule has 0 bridgehead atoms. The third kappa shape index (κ3) is 1.96. The van der Waals surface area contributed by atoms with Crippen LogP contribution in [0.5, 0.6) is 5.75 Å². The minimum atomic E-state index is -0.749. The Morgan fingerprint density at radius 1 is 1.30 bits per heavy atom. The first kappa shape index (κ1) is 6.91. The lowest BCUT2D eigenvalue weighted by molar-refractivity contribution is 0.606. The smallest absolute Gasteiger partial charge is 0.298 e. The van der Waals surface area contributed by atoms with Crippen molar-refractivity contribution in [3.63, 3.8) is 0 Å². The lowest BCUT2D eigenvalue weighted by Crippen LogP contribution is -1.97. The van der Waals surface area contributed by atoms with Gasteiger partial charge in [0.25, 0.3) is 9.76 Å². The molecule has 1 aromatic rings. The van der Waals surface area contributed by atoms with Crippen LogP contribution >= 0.6 is 0 Å². The van der Waals surface area contributed by atoms with E-state index in [0.29, 0.717) is 0 Å². The van der Waals surface area contributed by atoms with Gasteiger partial charge in [0.05, 0.1) is 0 Å². The number of benzene rings is 1. The second kappa shape index (κ2) is 3.75. The molecule has 1 rings (SSSR count). The average molecular weight is 148 g/mol. The molecule has 0 N–H and O–H groups in total. The fourth-order valence-electron chi connectivity index (χ4n) is 0.642. The maximum atomic E-state index is 5.26. The SMILES string of the molecule is C#C[SiH2]Oc1ccccc1. The van der Waals surface area contributed by atoms with E-state index in [2.05, 4.69) is 5.54 Å². The molecule has 2 heteroatoms. The number of rotatable bonds is 2. The first-order chi connectivity index (χ1) is 4.93. The van der Waals surface area contributed by atoms with Gasteiger partial charge >= 0.3 is 0 Å². The van der Waals surface area contributed by atoms with Gasteiger partial charge < -0.3 is 4.43 Å². The second-order valence-corrected chi connectivity index (χ2v) is 2.79. The zero-order valence-corrected chi connectivity index (χ0v) is 6.99. The Morgan fingerprint density at radius 3 is 2.60 bits per heavy atom. The Balaban J connectivity index is 2.52. The molecule has 0 saturated heterocycles. The Bertz CT molecular complexity index is 225. The van der Waals surface area contributed by atoms with Crippen LogP contribution in [0.1, 0.15) is 0 Å². The van der Waals surface area contributed by atoms with Crippen LogP contribution in [0, 0.1) is 12.0 Å². The molecule has 0 radical (unpaired) electrons. The summed E-state index contributed by atoms with van der Waals surface area (Å²) < 4.78 is 5.26. The molecule has 0 saturated carbocycles. The summed E-state index contributed by atoms with van der Waals surface area (Å²) in [5.74, 6) is 0.882. The quantitative estimate of drug-likeness (QED) is 0.444. The third-order valence-corrected chi connectivity index (χ3v) is 1.71. The predicted molar refractivity (Wildman–Crippen MR) is 44.4 cm³/mol. The van der Waals surface area contributed by atoms with E-state index in [0.717, 1.165) is 5.75 Å². The highest BCUT2D eigenvalue weighted by Gasteiger charge is 1.85. The van der Waals surface area contributed by atoms with Gasteiger partial charge in [-0.3, -0.25) is 0 Å². The molecule has 0 amide bonds. The van der Waals surface area contributed by atoms with Gasteiger partial charge in [-0.05, 0) is 12.1 Å². The van der Waals surface area contributed by atoms with E-state index in [1.165, 1.54) is 0 Å². The van der Waals surface area contributed by atoms with Crippen LogP contribution in [0.25, 0.3) is 0 Å². The summed E-state index contributed by atoms with van der Waals surface area (Å²) in [5, 5.41) is 0. The summed E-state index contributed by atoms with van der Waals surface area (Å²) in [6, 6.07) is 9.62. The molecule has 0 aromatic heterocycles. The van der Waals surface area contributed by atoms with Gasteiger partial charge in [-0.15, -0.1) is 6.42 Å². The van der Waals surface area contributed by atoms with Crippen molar-refractivity contribution in [1.29, 1.82) is 0 Å². The fraction of sp³-hybridized carbons (Fsp3) is 0. The molecular formula is C8H8OSi. The van der Waals surface area contributed by atoms with Gasteiger partial charge in [0.2, 0.25) is 0 Å². The van der Waals surface area contributed by atoms with Gasteiger partial charge in [-0.25, -0.2) is 0 Å². The van der Waals surface area contributed by atoms with Crippen molar-refractivity contribution in [2.24, 2.45) is 0 Å². The standard InChI is InChI=1S/C8H8OSi/c1-2-10-9-8-6-4-3-5-7-8/h1,3-7H,10H2. The van der Waals surface area contributed by atoms with E-state index >= 15 is 0 Å². The van der Waals surface area contributed by atoms with Crippen molar-refractivity contribution in [3.05, 3.63) is 30.3 Å². The molecule has 0 spiro atoms.